The number of carbonyl (C=O) groups excluding carboxylic acids is 1. The number of hydrogen-bond donors (Lipinski definition) is 1. The van der Waals surface area contributed by atoms with Crippen LogP contribution in [0.2, 0.25) is 0 Å². The number of anilines is 1. The monoisotopic (exact) mass is 193 g/mol. The van der Waals surface area contributed by atoms with Gasteiger partial charge in [-0.15, -0.1) is 0 Å². The number of carbonyl (C=O) groups is 1. The summed E-state index contributed by atoms with van der Waals surface area (Å²) < 4.78 is 5.40. The molecule has 0 fully saturated rings. The number of nitrogen functional groups attached to an aromatic ring is 1. The van der Waals surface area contributed by atoms with Crippen LogP contribution in [0.4, 0.5) is 5.69 Å². The zero-order valence-corrected chi connectivity index (χ0v) is 8.49. The molecular weight excluding hydrogens is 178 g/mol. The Bertz CT molecular complexity index is 323. The molecule has 0 saturated carbocycles. The van der Waals surface area contributed by atoms with E-state index in [1.54, 1.807) is 18.2 Å². The van der Waals surface area contributed by atoms with Crippen molar-refractivity contribution < 1.29 is 9.53 Å². The van der Waals surface area contributed by atoms with Crippen molar-refractivity contribution in [3.8, 4) is 5.75 Å². The van der Waals surface area contributed by atoms with Crippen LogP contribution < -0.4 is 10.5 Å². The topological polar surface area (TPSA) is 52.3 Å². The van der Waals surface area contributed by atoms with E-state index in [-0.39, 0.29) is 5.92 Å². The SMILES string of the molecule is CCOc1ccc(N)cc1C(C)C=O. The summed E-state index contributed by atoms with van der Waals surface area (Å²) in [5.74, 6) is 0.557. The Morgan fingerprint density at radius 3 is 2.86 bits per heavy atom. The molecule has 0 amide bonds. The molecule has 1 aromatic carbocycles. The van der Waals surface area contributed by atoms with Gasteiger partial charge in [-0.3, -0.25) is 0 Å². The number of rotatable bonds is 4. The van der Waals surface area contributed by atoms with Crippen LogP contribution in [0.3, 0.4) is 0 Å². The van der Waals surface area contributed by atoms with Crippen molar-refractivity contribution in [3.63, 3.8) is 0 Å². The van der Waals surface area contributed by atoms with E-state index in [0.717, 1.165) is 17.6 Å². The summed E-state index contributed by atoms with van der Waals surface area (Å²) in [6, 6.07) is 5.35. The molecule has 0 bridgehead atoms. The van der Waals surface area contributed by atoms with Crippen molar-refractivity contribution in [2.45, 2.75) is 19.8 Å². The van der Waals surface area contributed by atoms with Gasteiger partial charge >= 0.3 is 0 Å². The predicted molar refractivity (Wildman–Crippen MR) is 56.5 cm³/mol. The summed E-state index contributed by atoms with van der Waals surface area (Å²) >= 11 is 0. The molecule has 0 spiro atoms. The van der Waals surface area contributed by atoms with Gasteiger partial charge in [-0.2, -0.15) is 0 Å². The summed E-state index contributed by atoms with van der Waals surface area (Å²) in [5.41, 5.74) is 7.14. The second kappa shape index (κ2) is 4.65. The quantitative estimate of drug-likeness (QED) is 0.587. The molecule has 0 aliphatic carbocycles. The lowest BCUT2D eigenvalue weighted by atomic mass is 10.0. The summed E-state index contributed by atoms with van der Waals surface area (Å²) in [7, 11) is 0. The van der Waals surface area contributed by atoms with Gasteiger partial charge in [-0.1, -0.05) is 6.92 Å². The van der Waals surface area contributed by atoms with E-state index in [2.05, 4.69) is 0 Å². The highest BCUT2D eigenvalue weighted by atomic mass is 16.5. The van der Waals surface area contributed by atoms with Crippen molar-refractivity contribution in [3.05, 3.63) is 23.8 Å². The Labute approximate surface area is 83.9 Å². The molecule has 0 aliphatic rings. The average Bonchev–Trinajstić information content (AvgIpc) is 2.20. The summed E-state index contributed by atoms with van der Waals surface area (Å²) in [6.45, 7) is 4.32. The van der Waals surface area contributed by atoms with E-state index in [1.807, 2.05) is 13.8 Å². The molecule has 0 aromatic heterocycles. The molecule has 0 aliphatic heterocycles. The average molecular weight is 193 g/mol. The van der Waals surface area contributed by atoms with Crippen LogP contribution in [0.5, 0.6) is 5.75 Å². The second-order valence-corrected chi connectivity index (χ2v) is 3.16. The minimum atomic E-state index is -0.181. The number of aldehydes is 1. The largest absolute Gasteiger partial charge is 0.494 e. The van der Waals surface area contributed by atoms with Gasteiger partial charge in [0, 0.05) is 17.2 Å². The van der Waals surface area contributed by atoms with Gasteiger partial charge in [-0.05, 0) is 25.1 Å². The van der Waals surface area contributed by atoms with E-state index >= 15 is 0 Å². The van der Waals surface area contributed by atoms with Crippen LogP contribution in [-0.4, -0.2) is 12.9 Å². The molecule has 1 rings (SSSR count). The molecule has 14 heavy (non-hydrogen) atoms. The molecule has 1 aromatic rings. The van der Waals surface area contributed by atoms with Crippen LogP contribution in [0.1, 0.15) is 25.3 Å². The van der Waals surface area contributed by atoms with Crippen molar-refractivity contribution in [2.24, 2.45) is 0 Å². The first-order valence-corrected chi connectivity index (χ1v) is 4.66. The smallest absolute Gasteiger partial charge is 0.127 e. The van der Waals surface area contributed by atoms with Gasteiger partial charge in [0.05, 0.1) is 6.61 Å². The van der Waals surface area contributed by atoms with Crippen LogP contribution in [0.15, 0.2) is 18.2 Å². The third kappa shape index (κ3) is 2.25. The van der Waals surface area contributed by atoms with E-state index in [4.69, 9.17) is 10.5 Å². The Morgan fingerprint density at radius 2 is 2.29 bits per heavy atom. The third-order valence-corrected chi connectivity index (χ3v) is 2.03. The van der Waals surface area contributed by atoms with Crippen molar-refractivity contribution in [2.75, 3.05) is 12.3 Å². The maximum absolute atomic E-state index is 10.7. The maximum atomic E-state index is 10.7. The summed E-state index contributed by atoms with van der Waals surface area (Å²) in [5, 5.41) is 0. The molecule has 0 radical (unpaired) electrons. The fourth-order valence-corrected chi connectivity index (χ4v) is 1.28. The molecule has 3 nitrogen and oxygen atoms in total. The zero-order valence-electron chi connectivity index (χ0n) is 8.49. The Balaban J connectivity index is 3.08. The molecule has 3 heteroatoms. The lowest BCUT2D eigenvalue weighted by Gasteiger charge is -2.12. The first kappa shape index (κ1) is 10.6. The third-order valence-electron chi connectivity index (χ3n) is 2.03. The van der Waals surface area contributed by atoms with Crippen molar-refractivity contribution >= 4 is 12.0 Å². The van der Waals surface area contributed by atoms with Crippen LogP contribution >= 0.6 is 0 Å². The van der Waals surface area contributed by atoms with E-state index in [1.165, 1.54) is 0 Å². The highest BCUT2D eigenvalue weighted by Crippen LogP contribution is 2.27. The Kier molecular flexibility index (Phi) is 3.51. The van der Waals surface area contributed by atoms with Crippen molar-refractivity contribution in [1.29, 1.82) is 0 Å². The molecule has 0 saturated heterocycles. The van der Waals surface area contributed by atoms with Gasteiger partial charge in [0.2, 0.25) is 0 Å². The fourth-order valence-electron chi connectivity index (χ4n) is 1.28. The minimum absolute atomic E-state index is 0.181. The van der Waals surface area contributed by atoms with E-state index < -0.39 is 0 Å². The van der Waals surface area contributed by atoms with Crippen LogP contribution in [0.25, 0.3) is 0 Å². The van der Waals surface area contributed by atoms with Gasteiger partial charge in [0.15, 0.2) is 0 Å². The van der Waals surface area contributed by atoms with Crippen molar-refractivity contribution in [1.82, 2.24) is 0 Å². The Morgan fingerprint density at radius 1 is 1.57 bits per heavy atom. The lowest BCUT2D eigenvalue weighted by Crippen LogP contribution is -2.02. The molecule has 1 atom stereocenters. The normalized spacial score (nSPS) is 12.1. The first-order chi connectivity index (χ1) is 6.69. The van der Waals surface area contributed by atoms with E-state index in [0.29, 0.717) is 12.3 Å². The molecule has 1 unspecified atom stereocenters. The summed E-state index contributed by atoms with van der Waals surface area (Å²) in [6.07, 6.45) is 0.886. The first-order valence-electron chi connectivity index (χ1n) is 4.66. The fraction of sp³-hybridized carbons (Fsp3) is 0.364. The molecular formula is C11H15NO2. The lowest BCUT2D eigenvalue weighted by molar-refractivity contribution is -0.108. The zero-order chi connectivity index (χ0) is 10.6. The number of benzene rings is 1. The number of ether oxygens (including phenoxy) is 1. The molecule has 76 valence electrons. The predicted octanol–water partition coefficient (Wildman–Crippen LogP) is 1.97. The molecule has 0 heterocycles. The van der Waals surface area contributed by atoms with E-state index in [9.17, 15) is 4.79 Å². The number of hydrogen-bond acceptors (Lipinski definition) is 3. The minimum Gasteiger partial charge on any atom is -0.494 e. The maximum Gasteiger partial charge on any atom is 0.127 e. The second-order valence-electron chi connectivity index (χ2n) is 3.16. The standard InChI is InChI=1S/C11H15NO2/c1-3-14-11-5-4-9(12)6-10(11)8(2)7-13/h4-8H,3,12H2,1-2H3. The van der Waals surface area contributed by atoms with Gasteiger partial charge in [0.25, 0.3) is 0 Å². The number of nitrogens with two attached hydrogens (primary N) is 1. The highest BCUT2D eigenvalue weighted by molar-refractivity contribution is 5.65. The van der Waals surface area contributed by atoms with Crippen LogP contribution in [0, 0.1) is 0 Å². The van der Waals surface area contributed by atoms with Gasteiger partial charge < -0.3 is 15.3 Å². The molecule has 2 N–H and O–H groups in total. The highest BCUT2D eigenvalue weighted by Gasteiger charge is 2.10. The van der Waals surface area contributed by atoms with Gasteiger partial charge in [0.1, 0.15) is 12.0 Å². The van der Waals surface area contributed by atoms with Gasteiger partial charge in [-0.25, -0.2) is 0 Å². The van der Waals surface area contributed by atoms with Crippen LogP contribution in [-0.2, 0) is 4.79 Å². The summed E-state index contributed by atoms with van der Waals surface area (Å²) in [4.78, 5) is 10.7. The Hall–Kier alpha value is -1.51.